The lowest BCUT2D eigenvalue weighted by Gasteiger charge is -2.09. The average molecular weight is 453 g/mol. The maximum atomic E-state index is 12.4. The number of carbonyl (C=O) groups excluding carboxylic acids is 1. The lowest BCUT2D eigenvalue weighted by molar-refractivity contribution is -0.112. The molecule has 7 heteroatoms. The van der Waals surface area contributed by atoms with Gasteiger partial charge in [0.05, 0.1) is 7.11 Å². The summed E-state index contributed by atoms with van der Waals surface area (Å²) in [4.78, 5) is 12.4. The first-order valence-corrected chi connectivity index (χ1v) is 9.98. The van der Waals surface area contributed by atoms with Gasteiger partial charge in [0.25, 0.3) is 5.91 Å². The fourth-order valence-corrected chi connectivity index (χ4v) is 3.18. The third-order valence-corrected chi connectivity index (χ3v) is 5.06. The molecule has 0 heterocycles. The summed E-state index contributed by atoms with van der Waals surface area (Å²) in [5.74, 6) is 0.781. The molecule has 1 N–H and O–H groups in total. The van der Waals surface area contributed by atoms with Gasteiger partial charge in [0, 0.05) is 21.3 Å². The molecule has 0 saturated heterocycles. The number of carbonyl (C=O) groups is 1. The van der Waals surface area contributed by atoms with Crippen LogP contribution < -0.4 is 14.8 Å². The Kier molecular flexibility index (Phi) is 7.55. The minimum Gasteiger partial charge on any atom is -0.497 e. The number of nitrogens with zero attached hydrogens (tertiary/aromatic N) is 1. The van der Waals surface area contributed by atoms with Gasteiger partial charge in [-0.05, 0) is 60.2 Å². The highest BCUT2D eigenvalue weighted by Gasteiger charge is 2.10. The molecule has 0 aliphatic heterocycles. The lowest BCUT2D eigenvalue weighted by Crippen LogP contribution is -2.13. The van der Waals surface area contributed by atoms with Crippen molar-refractivity contribution in [3.05, 3.63) is 93.5 Å². The Labute approximate surface area is 190 Å². The van der Waals surface area contributed by atoms with E-state index in [1.54, 1.807) is 73.8 Å². The van der Waals surface area contributed by atoms with Gasteiger partial charge in [0.15, 0.2) is 0 Å². The molecule has 0 aromatic heterocycles. The van der Waals surface area contributed by atoms with Crippen molar-refractivity contribution >= 4 is 40.9 Å². The van der Waals surface area contributed by atoms with Crippen molar-refractivity contribution in [1.29, 1.82) is 5.26 Å². The monoisotopic (exact) mass is 452 g/mol. The van der Waals surface area contributed by atoms with E-state index in [1.807, 2.05) is 6.07 Å². The molecule has 0 aliphatic rings. The predicted octanol–water partition coefficient (Wildman–Crippen LogP) is 6.13. The Bertz CT molecular complexity index is 1110. The minimum absolute atomic E-state index is 0.0210. The Morgan fingerprint density at radius 2 is 1.61 bits per heavy atom. The third-order valence-electron chi connectivity index (χ3n) is 4.35. The fraction of sp³-hybridized carbons (Fsp3) is 0.0833. The first kappa shape index (κ1) is 22.2. The Balaban J connectivity index is 1.65. The van der Waals surface area contributed by atoms with Crippen LogP contribution >= 0.6 is 23.2 Å². The molecule has 0 bridgehead atoms. The second-order valence-corrected chi connectivity index (χ2v) is 7.22. The molecule has 0 aliphatic carbocycles. The van der Waals surface area contributed by atoms with Gasteiger partial charge in [-0.1, -0.05) is 41.4 Å². The van der Waals surface area contributed by atoms with E-state index < -0.39 is 5.91 Å². The summed E-state index contributed by atoms with van der Waals surface area (Å²) in [5.41, 5.74) is 1.93. The first-order valence-electron chi connectivity index (χ1n) is 9.23. The van der Waals surface area contributed by atoms with E-state index in [9.17, 15) is 10.1 Å². The van der Waals surface area contributed by atoms with Crippen molar-refractivity contribution < 1.29 is 14.3 Å². The van der Waals surface area contributed by atoms with Gasteiger partial charge >= 0.3 is 0 Å². The van der Waals surface area contributed by atoms with Crippen molar-refractivity contribution in [2.24, 2.45) is 0 Å². The molecule has 31 heavy (non-hydrogen) atoms. The number of halogens is 2. The molecule has 0 unspecified atom stereocenters. The van der Waals surface area contributed by atoms with E-state index in [-0.39, 0.29) is 12.2 Å². The third kappa shape index (κ3) is 6.02. The lowest BCUT2D eigenvalue weighted by atomic mass is 10.1. The van der Waals surface area contributed by atoms with Gasteiger partial charge in [-0.15, -0.1) is 0 Å². The van der Waals surface area contributed by atoms with E-state index in [1.165, 1.54) is 6.08 Å². The molecule has 3 aromatic carbocycles. The zero-order valence-electron chi connectivity index (χ0n) is 16.6. The van der Waals surface area contributed by atoms with E-state index in [0.29, 0.717) is 38.4 Å². The largest absolute Gasteiger partial charge is 0.497 e. The van der Waals surface area contributed by atoms with Crippen LogP contribution in [0.4, 0.5) is 5.69 Å². The van der Waals surface area contributed by atoms with Gasteiger partial charge in [-0.25, -0.2) is 0 Å². The van der Waals surface area contributed by atoms with Crippen LogP contribution in [0, 0.1) is 11.3 Å². The van der Waals surface area contributed by atoms with Crippen molar-refractivity contribution in [3.63, 3.8) is 0 Å². The number of nitrogens with one attached hydrogen (secondary N) is 1. The zero-order chi connectivity index (χ0) is 22.2. The normalized spacial score (nSPS) is 10.8. The molecular weight excluding hydrogens is 435 g/mol. The maximum Gasteiger partial charge on any atom is 0.266 e. The van der Waals surface area contributed by atoms with Crippen LogP contribution in [0.3, 0.4) is 0 Å². The summed E-state index contributed by atoms with van der Waals surface area (Å²) in [5, 5.41) is 13.1. The van der Waals surface area contributed by atoms with Crippen LogP contribution in [0.25, 0.3) is 6.08 Å². The Hall–Kier alpha value is -3.46. The summed E-state index contributed by atoms with van der Waals surface area (Å²) < 4.78 is 10.8. The van der Waals surface area contributed by atoms with E-state index in [0.717, 1.165) is 0 Å². The summed E-state index contributed by atoms with van der Waals surface area (Å²) >= 11 is 12.3. The minimum atomic E-state index is -0.499. The first-order chi connectivity index (χ1) is 15.0. The summed E-state index contributed by atoms with van der Waals surface area (Å²) in [6, 6.07) is 21.0. The predicted molar refractivity (Wildman–Crippen MR) is 122 cm³/mol. The number of nitriles is 1. The average Bonchev–Trinajstić information content (AvgIpc) is 2.78. The molecule has 156 valence electrons. The zero-order valence-corrected chi connectivity index (χ0v) is 18.1. The van der Waals surface area contributed by atoms with E-state index >= 15 is 0 Å². The van der Waals surface area contributed by atoms with Crippen LogP contribution in [-0.4, -0.2) is 13.0 Å². The standard InChI is InChI=1S/C24H18Cl2N2O3/c1-30-19-11-7-18(8-12-19)28-24(29)17(14-27)13-16-5-9-20(10-6-16)31-15-21-22(25)3-2-4-23(21)26/h2-13H,15H2,1H3,(H,28,29)/b17-13+. The number of benzene rings is 3. The molecule has 0 atom stereocenters. The topological polar surface area (TPSA) is 71.3 Å². The number of anilines is 1. The highest BCUT2D eigenvalue weighted by Crippen LogP contribution is 2.26. The highest BCUT2D eigenvalue weighted by molar-refractivity contribution is 6.35. The van der Waals surface area contributed by atoms with Crippen LogP contribution in [-0.2, 0) is 11.4 Å². The summed E-state index contributed by atoms with van der Waals surface area (Å²) in [7, 11) is 1.56. The second kappa shape index (κ2) is 10.5. The van der Waals surface area contributed by atoms with Gasteiger partial charge in [-0.3, -0.25) is 4.79 Å². The quantitative estimate of drug-likeness (QED) is 0.345. The molecule has 5 nitrogen and oxygen atoms in total. The number of hydrogen-bond donors (Lipinski definition) is 1. The Morgan fingerprint density at radius 1 is 1.00 bits per heavy atom. The van der Waals surface area contributed by atoms with Crippen LogP contribution in [0.2, 0.25) is 10.0 Å². The number of hydrogen-bond acceptors (Lipinski definition) is 4. The molecule has 0 radical (unpaired) electrons. The van der Waals surface area contributed by atoms with Crippen LogP contribution in [0.15, 0.2) is 72.3 Å². The maximum absolute atomic E-state index is 12.4. The van der Waals surface area contributed by atoms with Gasteiger partial charge < -0.3 is 14.8 Å². The van der Waals surface area contributed by atoms with Crippen molar-refractivity contribution in [2.45, 2.75) is 6.61 Å². The number of amides is 1. The van der Waals surface area contributed by atoms with Crippen molar-refractivity contribution in [3.8, 4) is 17.6 Å². The summed E-state index contributed by atoms with van der Waals surface area (Å²) in [6.45, 7) is 0.224. The van der Waals surface area contributed by atoms with Gasteiger partial charge in [0.2, 0.25) is 0 Å². The Morgan fingerprint density at radius 3 is 2.19 bits per heavy atom. The highest BCUT2D eigenvalue weighted by atomic mass is 35.5. The SMILES string of the molecule is COc1ccc(NC(=O)/C(C#N)=C/c2ccc(OCc3c(Cl)cccc3Cl)cc2)cc1. The number of methoxy groups -OCH3 is 1. The number of rotatable bonds is 7. The molecule has 3 rings (SSSR count). The summed E-state index contributed by atoms with van der Waals surface area (Å²) in [6.07, 6.45) is 1.51. The van der Waals surface area contributed by atoms with E-state index in [4.69, 9.17) is 32.7 Å². The van der Waals surface area contributed by atoms with Gasteiger partial charge in [0.1, 0.15) is 29.7 Å². The van der Waals surface area contributed by atoms with Crippen molar-refractivity contribution in [2.75, 3.05) is 12.4 Å². The van der Waals surface area contributed by atoms with Gasteiger partial charge in [-0.2, -0.15) is 5.26 Å². The molecule has 3 aromatic rings. The number of ether oxygens (including phenoxy) is 2. The van der Waals surface area contributed by atoms with Crippen LogP contribution in [0.1, 0.15) is 11.1 Å². The molecular formula is C24H18Cl2N2O3. The molecule has 0 saturated carbocycles. The molecule has 0 spiro atoms. The smallest absolute Gasteiger partial charge is 0.266 e. The van der Waals surface area contributed by atoms with Crippen LogP contribution in [0.5, 0.6) is 11.5 Å². The second-order valence-electron chi connectivity index (χ2n) is 6.41. The van der Waals surface area contributed by atoms with E-state index in [2.05, 4.69) is 5.32 Å². The fourth-order valence-electron chi connectivity index (χ4n) is 2.67. The molecule has 0 fully saturated rings. The molecule has 1 amide bonds. The van der Waals surface area contributed by atoms with Crippen molar-refractivity contribution in [1.82, 2.24) is 0 Å².